The molecule has 0 saturated heterocycles. The summed E-state index contributed by atoms with van der Waals surface area (Å²) >= 11 is 7.13. The van der Waals surface area contributed by atoms with E-state index < -0.39 is 4.92 Å². The molecule has 1 N–H and O–H groups in total. The van der Waals surface area contributed by atoms with E-state index in [1.807, 2.05) is 24.3 Å². The molecule has 1 heterocycles. The monoisotopic (exact) mass is 493 g/mol. The first-order valence-electron chi connectivity index (χ1n) is 9.84. The highest BCUT2D eigenvalue weighted by Crippen LogP contribution is 2.34. The Labute approximate surface area is 203 Å². The second-order valence-electron chi connectivity index (χ2n) is 6.97. The summed E-state index contributed by atoms with van der Waals surface area (Å²) < 4.78 is 7.28. The molecule has 0 bridgehead atoms. The number of methoxy groups -OCH3 is 1. The van der Waals surface area contributed by atoms with E-state index in [0.29, 0.717) is 38.3 Å². The van der Waals surface area contributed by atoms with Gasteiger partial charge in [-0.3, -0.25) is 19.5 Å². The molecule has 9 nitrogen and oxygen atoms in total. The molecule has 11 heteroatoms. The second kappa shape index (κ2) is 9.82. The van der Waals surface area contributed by atoms with Gasteiger partial charge >= 0.3 is 0 Å². The second-order valence-corrected chi connectivity index (χ2v) is 8.35. The number of nitriles is 1. The lowest BCUT2D eigenvalue weighted by Gasteiger charge is -2.13. The van der Waals surface area contributed by atoms with Gasteiger partial charge in [-0.05, 0) is 36.4 Å². The molecular formula is C23H16ClN5O4S. The zero-order chi connectivity index (χ0) is 24.2. The third-order valence-corrected chi connectivity index (χ3v) is 6.03. The normalized spacial score (nSPS) is 10.6. The molecule has 1 aromatic heterocycles. The minimum absolute atomic E-state index is 0.0298. The zero-order valence-electron chi connectivity index (χ0n) is 17.7. The van der Waals surface area contributed by atoms with Crippen molar-refractivity contribution in [1.82, 2.24) is 9.55 Å². The Morgan fingerprint density at radius 3 is 2.79 bits per heavy atom. The predicted molar refractivity (Wildman–Crippen MR) is 130 cm³/mol. The number of nitro groups is 1. The van der Waals surface area contributed by atoms with Crippen molar-refractivity contribution in [2.75, 3.05) is 18.2 Å². The van der Waals surface area contributed by atoms with Crippen molar-refractivity contribution in [2.24, 2.45) is 0 Å². The van der Waals surface area contributed by atoms with Crippen molar-refractivity contribution >= 4 is 51.7 Å². The number of thioether (sulfide) groups is 1. The number of fused-ring (bicyclic) bond motifs is 1. The molecule has 4 aromatic rings. The van der Waals surface area contributed by atoms with Crippen LogP contribution < -0.4 is 10.1 Å². The van der Waals surface area contributed by atoms with Gasteiger partial charge in [0.15, 0.2) is 5.16 Å². The Morgan fingerprint density at radius 2 is 2.06 bits per heavy atom. The molecule has 0 saturated carbocycles. The number of benzene rings is 3. The third kappa shape index (κ3) is 4.66. The van der Waals surface area contributed by atoms with Crippen LogP contribution in [0.2, 0.25) is 5.02 Å². The fourth-order valence-corrected chi connectivity index (χ4v) is 4.33. The highest BCUT2D eigenvalue weighted by Gasteiger charge is 2.19. The van der Waals surface area contributed by atoms with E-state index in [-0.39, 0.29) is 22.9 Å². The Bertz CT molecular complexity index is 1460. The van der Waals surface area contributed by atoms with Crippen LogP contribution in [0.4, 0.5) is 11.4 Å². The fraction of sp³-hybridized carbons (Fsp3) is 0.0870. The number of carbonyl (C=O) groups excluding carboxylic acids is 1. The zero-order valence-corrected chi connectivity index (χ0v) is 19.3. The first-order valence-corrected chi connectivity index (χ1v) is 11.2. The number of aromatic nitrogens is 2. The maximum atomic E-state index is 12.7. The van der Waals surface area contributed by atoms with Gasteiger partial charge in [-0.1, -0.05) is 35.5 Å². The van der Waals surface area contributed by atoms with Crippen molar-refractivity contribution in [3.05, 3.63) is 81.4 Å². The molecule has 0 atom stereocenters. The lowest BCUT2D eigenvalue weighted by atomic mass is 10.2. The minimum Gasteiger partial charge on any atom is -0.495 e. The highest BCUT2D eigenvalue weighted by molar-refractivity contribution is 7.99. The number of amides is 1. The number of ether oxygens (including phenoxy) is 1. The van der Waals surface area contributed by atoms with Crippen molar-refractivity contribution in [2.45, 2.75) is 5.16 Å². The van der Waals surface area contributed by atoms with E-state index in [1.54, 1.807) is 29.9 Å². The predicted octanol–water partition coefficient (Wildman–Crippen LogP) is 5.20. The van der Waals surface area contributed by atoms with E-state index in [2.05, 4.69) is 10.3 Å². The summed E-state index contributed by atoms with van der Waals surface area (Å²) in [6.07, 6.45) is 0. The number of nitrogens with zero attached hydrogens (tertiary/aromatic N) is 4. The topological polar surface area (TPSA) is 123 Å². The number of non-ortho nitro benzene ring substituents is 1. The smallest absolute Gasteiger partial charge is 0.271 e. The maximum Gasteiger partial charge on any atom is 0.271 e. The van der Waals surface area contributed by atoms with Gasteiger partial charge < -0.3 is 10.1 Å². The van der Waals surface area contributed by atoms with Crippen molar-refractivity contribution in [3.63, 3.8) is 0 Å². The molecule has 0 aliphatic heterocycles. The van der Waals surface area contributed by atoms with E-state index in [1.165, 1.54) is 24.3 Å². The van der Waals surface area contributed by atoms with Crippen LogP contribution >= 0.6 is 23.4 Å². The minimum atomic E-state index is -0.487. The van der Waals surface area contributed by atoms with E-state index in [4.69, 9.17) is 16.3 Å². The SMILES string of the molecule is COc1ccccc1-n1c(SCC(=O)Nc2cc(Cl)ccc2C#N)nc2cc([N+](=O)[O-])ccc21. The Morgan fingerprint density at radius 1 is 1.26 bits per heavy atom. The Hall–Kier alpha value is -4.07. The Balaban J connectivity index is 1.69. The van der Waals surface area contributed by atoms with Gasteiger partial charge in [-0.25, -0.2) is 4.98 Å². The quantitative estimate of drug-likeness (QED) is 0.213. The average Bonchev–Trinajstić information content (AvgIpc) is 3.20. The number of halogens is 1. The molecular weight excluding hydrogens is 478 g/mol. The summed E-state index contributed by atoms with van der Waals surface area (Å²) in [5.41, 5.74) is 2.22. The van der Waals surface area contributed by atoms with Gasteiger partial charge in [0, 0.05) is 17.2 Å². The number of carbonyl (C=O) groups is 1. The van der Waals surface area contributed by atoms with Gasteiger partial charge in [0.25, 0.3) is 5.69 Å². The van der Waals surface area contributed by atoms with Gasteiger partial charge in [-0.15, -0.1) is 0 Å². The summed E-state index contributed by atoms with van der Waals surface area (Å²) in [6.45, 7) is 0. The van der Waals surface area contributed by atoms with Crippen LogP contribution in [0.1, 0.15) is 5.56 Å². The van der Waals surface area contributed by atoms with Gasteiger partial charge in [0.1, 0.15) is 11.8 Å². The van der Waals surface area contributed by atoms with Crippen LogP contribution in [-0.4, -0.2) is 33.2 Å². The van der Waals surface area contributed by atoms with Crippen LogP contribution in [0, 0.1) is 21.4 Å². The number of nitro benzene ring substituents is 1. The number of nitrogens with one attached hydrogen (secondary N) is 1. The third-order valence-electron chi connectivity index (χ3n) is 4.85. The lowest BCUT2D eigenvalue weighted by molar-refractivity contribution is -0.384. The van der Waals surface area contributed by atoms with Crippen LogP contribution in [0.3, 0.4) is 0 Å². The number of anilines is 1. The molecule has 1 amide bonds. The summed E-state index contributed by atoms with van der Waals surface area (Å²) in [5, 5.41) is 24.0. The fourth-order valence-electron chi connectivity index (χ4n) is 3.34. The van der Waals surface area contributed by atoms with Crippen molar-refractivity contribution < 1.29 is 14.5 Å². The highest BCUT2D eigenvalue weighted by atomic mass is 35.5. The van der Waals surface area contributed by atoms with Gasteiger partial charge in [0.2, 0.25) is 5.91 Å². The standard InChI is InChI=1S/C23H16ClN5O4S/c1-33-21-5-3-2-4-20(21)28-19-9-8-16(29(31)32)11-18(19)27-23(28)34-13-22(30)26-17-10-15(24)7-6-14(17)12-25/h2-11H,13H2,1H3,(H,26,30). The van der Waals surface area contributed by atoms with E-state index in [9.17, 15) is 20.2 Å². The maximum absolute atomic E-state index is 12.7. The molecule has 0 fully saturated rings. The first-order chi connectivity index (χ1) is 16.4. The van der Waals surface area contributed by atoms with Crippen LogP contribution in [-0.2, 0) is 4.79 Å². The number of hydrogen-bond acceptors (Lipinski definition) is 7. The van der Waals surface area contributed by atoms with Crippen LogP contribution in [0.5, 0.6) is 5.75 Å². The molecule has 0 spiro atoms. The lowest BCUT2D eigenvalue weighted by Crippen LogP contribution is -2.15. The van der Waals surface area contributed by atoms with Gasteiger partial charge in [-0.2, -0.15) is 5.26 Å². The molecule has 0 aliphatic carbocycles. The summed E-state index contributed by atoms with van der Waals surface area (Å²) in [7, 11) is 1.54. The molecule has 0 unspecified atom stereocenters. The largest absolute Gasteiger partial charge is 0.495 e. The molecule has 4 rings (SSSR count). The molecule has 170 valence electrons. The van der Waals surface area contributed by atoms with Gasteiger partial charge in [0.05, 0.1) is 45.8 Å². The van der Waals surface area contributed by atoms with Crippen molar-refractivity contribution in [3.8, 4) is 17.5 Å². The van der Waals surface area contributed by atoms with Crippen LogP contribution in [0.15, 0.2) is 65.8 Å². The Kier molecular flexibility index (Phi) is 6.67. The first kappa shape index (κ1) is 23.1. The average molecular weight is 494 g/mol. The molecule has 34 heavy (non-hydrogen) atoms. The number of hydrogen-bond donors (Lipinski definition) is 1. The van der Waals surface area contributed by atoms with Crippen LogP contribution in [0.25, 0.3) is 16.7 Å². The molecule has 0 aliphatic rings. The molecule has 0 radical (unpaired) electrons. The summed E-state index contributed by atoms with van der Waals surface area (Å²) in [4.78, 5) is 28.0. The number of imidazole rings is 1. The number of rotatable bonds is 7. The molecule has 3 aromatic carbocycles. The summed E-state index contributed by atoms with van der Waals surface area (Å²) in [6, 6.07) is 18.3. The summed E-state index contributed by atoms with van der Waals surface area (Å²) in [5.74, 6) is 0.176. The van der Waals surface area contributed by atoms with Crippen molar-refractivity contribution in [1.29, 1.82) is 5.26 Å². The van der Waals surface area contributed by atoms with E-state index >= 15 is 0 Å². The van der Waals surface area contributed by atoms with E-state index in [0.717, 1.165) is 11.8 Å². The number of para-hydroxylation sites is 2.